The van der Waals surface area contributed by atoms with Gasteiger partial charge < -0.3 is 5.73 Å². The van der Waals surface area contributed by atoms with E-state index in [0.29, 0.717) is 0 Å². The first kappa shape index (κ1) is 8.93. The van der Waals surface area contributed by atoms with Crippen molar-refractivity contribution >= 4 is 6.21 Å². The predicted octanol–water partition coefficient (Wildman–Crippen LogP) is 0.461. The van der Waals surface area contributed by atoms with E-state index >= 15 is 0 Å². The second kappa shape index (κ2) is 4.78. The molecule has 2 N–H and O–H groups in total. The summed E-state index contributed by atoms with van der Waals surface area (Å²) in [5.41, 5.74) is 4.84. The molecule has 0 heterocycles. The minimum absolute atomic E-state index is 0.0904. The molecule has 4 heteroatoms. The van der Waals surface area contributed by atoms with Crippen LogP contribution in [0, 0.1) is 22.7 Å². The first-order valence-electron chi connectivity index (χ1n) is 2.71. The third kappa shape index (κ3) is 2.83. The molecule has 0 saturated carbocycles. The van der Waals surface area contributed by atoms with E-state index in [-0.39, 0.29) is 11.4 Å². The van der Waals surface area contributed by atoms with Crippen LogP contribution in [0.1, 0.15) is 0 Å². The molecule has 0 amide bonds. The zero-order valence-corrected chi connectivity index (χ0v) is 5.78. The van der Waals surface area contributed by atoms with Gasteiger partial charge in [0.25, 0.3) is 0 Å². The minimum atomic E-state index is -0.189. The Hall–Kier alpha value is -2.07. The lowest BCUT2D eigenvalue weighted by Crippen LogP contribution is -1.96. The van der Waals surface area contributed by atoms with Gasteiger partial charge in [0.15, 0.2) is 5.70 Å². The highest BCUT2D eigenvalue weighted by molar-refractivity contribution is 5.72. The second-order valence-electron chi connectivity index (χ2n) is 1.50. The molecule has 0 aromatic rings. The summed E-state index contributed by atoms with van der Waals surface area (Å²) in [6.45, 7) is 3.35. The molecular weight excluding hydrogens is 140 g/mol. The van der Waals surface area contributed by atoms with Crippen molar-refractivity contribution in [3.63, 3.8) is 0 Å². The van der Waals surface area contributed by atoms with Crippen LogP contribution in [-0.2, 0) is 0 Å². The van der Waals surface area contributed by atoms with Gasteiger partial charge in [0.1, 0.15) is 17.8 Å². The van der Waals surface area contributed by atoms with Crippen LogP contribution in [0.2, 0.25) is 0 Å². The number of rotatable bonds is 2. The zero-order chi connectivity index (χ0) is 8.69. The molecule has 0 aromatic carbocycles. The van der Waals surface area contributed by atoms with Gasteiger partial charge in [-0.25, -0.2) is 4.99 Å². The van der Waals surface area contributed by atoms with Crippen LogP contribution in [0.25, 0.3) is 0 Å². The van der Waals surface area contributed by atoms with E-state index in [1.54, 1.807) is 12.1 Å². The van der Waals surface area contributed by atoms with Gasteiger partial charge in [-0.15, -0.1) is 0 Å². The number of aliphatic imine (C=N–C) groups is 1. The van der Waals surface area contributed by atoms with Gasteiger partial charge in [-0.1, -0.05) is 12.7 Å². The minimum Gasteiger partial charge on any atom is -0.388 e. The Kier molecular flexibility index (Phi) is 3.88. The smallest absolute Gasteiger partial charge is 0.174 e. The number of nitrogens with zero attached hydrogens (tertiary/aromatic N) is 3. The van der Waals surface area contributed by atoms with Gasteiger partial charge >= 0.3 is 0 Å². The predicted molar refractivity (Wildman–Crippen MR) is 41.1 cm³/mol. The SMILES string of the molecule is C=CC=N/C(C#N)=C(/N)C#N. The van der Waals surface area contributed by atoms with Gasteiger partial charge in [-0.3, -0.25) is 0 Å². The quantitative estimate of drug-likeness (QED) is 0.453. The molecule has 54 valence electrons. The average Bonchev–Trinajstić information content (AvgIpc) is 2.05. The first-order chi connectivity index (χ1) is 5.26. The highest BCUT2D eigenvalue weighted by atomic mass is 14.8. The molecule has 0 rings (SSSR count). The van der Waals surface area contributed by atoms with Crippen molar-refractivity contribution in [1.82, 2.24) is 0 Å². The number of hydrogen-bond donors (Lipinski definition) is 1. The molecule has 0 aliphatic rings. The molecule has 0 fully saturated rings. The molecule has 0 spiro atoms. The van der Waals surface area contributed by atoms with E-state index in [1.807, 2.05) is 0 Å². The lowest BCUT2D eigenvalue weighted by atomic mass is 10.4. The number of hydrogen-bond acceptors (Lipinski definition) is 4. The Bertz CT molecular complexity index is 285. The molecular formula is C7H6N4. The fourth-order valence-corrected chi connectivity index (χ4v) is 0.339. The topological polar surface area (TPSA) is 86.0 Å². The normalized spacial score (nSPS) is 11.5. The van der Waals surface area contributed by atoms with Crippen molar-refractivity contribution in [2.45, 2.75) is 0 Å². The molecule has 0 aromatic heterocycles. The fraction of sp³-hybridized carbons (Fsp3) is 0. The maximum absolute atomic E-state index is 8.37. The number of nitrogens with two attached hydrogens (primary N) is 1. The third-order valence-electron chi connectivity index (χ3n) is 0.791. The van der Waals surface area contributed by atoms with Crippen LogP contribution in [0.5, 0.6) is 0 Å². The van der Waals surface area contributed by atoms with Crippen LogP contribution in [-0.4, -0.2) is 6.21 Å². The zero-order valence-electron chi connectivity index (χ0n) is 5.78. The summed E-state index contributed by atoms with van der Waals surface area (Å²) < 4.78 is 0. The highest BCUT2D eigenvalue weighted by Gasteiger charge is 1.96. The van der Waals surface area contributed by atoms with Crippen LogP contribution in [0.15, 0.2) is 29.0 Å². The monoisotopic (exact) mass is 146 g/mol. The van der Waals surface area contributed by atoms with E-state index in [0.717, 1.165) is 0 Å². The summed E-state index contributed by atoms with van der Waals surface area (Å²) in [4.78, 5) is 3.56. The Balaban J connectivity index is 4.74. The van der Waals surface area contributed by atoms with Crippen LogP contribution >= 0.6 is 0 Å². The summed E-state index contributed by atoms with van der Waals surface area (Å²) in [6.07, 6.45) is 2.69. The molecule has 11 heavy (non-hydrogen) atoms. The molecule has 4 nitrogen and oxygen atoms in total. The van der Waals surface area contributed by atoms with E-state index in [2.05, 4.69) is 11.6 Å². The van der Waals surface area contributed by atoms with Gasteiger partial charge in [0, 0.05) is 6.21 Å². The summed E-state index contributed by atoms with van der Waals surface area (Å²) in [6, 6.07) is 3.29. The second-order valence-corrected chi connectivity index (χ2v) is 1.50. The van der Waals surface area contributed by atoms with Gasteiger partial charge in [0.2, 0.25) is 0 Å². The lowest BCUT2D eigenvalue weighted by molar-refractivity contribution is 1.27. The third-order valence-corrected chi connectivity index (χ3v) is 0.791. The summed E-state index contributed by atoms with van der Waals surface area (Å²) >= 11 is 0. The summed E-state index contributed by atoms with van der Waals surface area (Å²) in [7, 11) is 0. The van der Waals surface area contributed by atoms with Crippen molar-refractivity contribution in [3.8, 4) is 12.1 Å². The van der Waals surface area contributed by atoms with E-state index < -0.39 is 0 Å². The maximum Gasteiger partial charge on any atom is 0.174 e. The van der Waals surface area contributed by atoms with E-state index in [1.165, 1.54) is 12.3 Å². The summed E-state index contributed by atoms with van der Waals surface area (Å²) in [5, 5.41) is 16.6. The van der Waals surface area contributed by atoms with Crippen LogP contribution in [0.4, 0.5) is 0 Å². The van der Waals surface area contributed by atoms with E-state index in [9.17, 15) is 0 Å². The number of nitriles is 2. The molecule has 0 saturated heterocycles. The van der Waals surface area contributed by atoms with Gasteiger partial charge in [-0.05, 0) is 0 Å². The van der Waals surface area contributed by atoms with Crippen molar-refractivity contribution in [1.29, 1.82) is 10.5 Å². The summed E-state index contributed by atoms with van der Waals surface area (Å²) in [5.74, 6) is 0. The van der Waals surface area contributed by atoms with Crippen LogP contribution in [0.3, 0.4) is 0 Å². The lowest BCUT2D eigenvalue weighted by Gasteiger charge is -1.86. The Labute approximate surface area is 64.6 Å². The van der Waals surface area contributed by atoms with Crippen molar-refractivity contribution in [3.05, 3.63) is 24.0 Å². The Morgan fingerprint density at radius 2 is 2.09 bits per heavy atom. The van der Waals surface area contributed by atoms with Gasteiger partial charge in [-0.2, -0.15) is 10.5 Å². The average molecular weight is 146 g/mol. The maximum atomic E-state index is 8.37. The Morgan fingerprint density at radius 3 is 2.45 bits per heavy atom. The van der Waals surface area contributed by atoms with Crippen LogP contribution < -0.4 is 5.73 Å². The van der Waals surface area contributed by atoms with Crippen molar-refractivity contribution < 1.29 is 0 Å². The molecule has 0 aliphatic carbocycles. The molecule has 0 atom stereocenters. The largest absolute Gasteiger partial charge is 0.388 e. The molecule has 0 aliphatic heterocycles. The standard InChI is InChI=1S/C7H6N4/c1-2-3-11-7(5-9)6(10)4-8/h2-3H,1,10H2/b7-6+,11-3?. The fourth-order valence-electron chi connectivity index (χ4n) is 0.339. The van der Waals surface area contributed by atoms with E-state index in [4.69, 9.17) is 16.3 Å². The Morgan fingerprint density at radius 1 is 1.45 bits per heavy atom. The van der Waals surface area contributed by atoms with Crippen molar-refractivity contribution in [2.75, 3.05) is 0 Å². The molecule has 0 radical (unpaired) electrons. The molecule has 0 bridgehead atoms. The first-order valence-corrected chi connectivity index (χ1v) is 2.71. The molecule has 0 unspecified atom stereocenters. The number of allylic oxidation sites excluding steroid dienone is 3. The highest BCUT2D eigenvalue weighted by Crippen LogP contribution is 1.96. The van der Waals surface area contributed by atoms with Crippen molar-refractivity contribution in [2.24, 2.45) is 10.7 Å². The van der Waals surface area contributed by atoms with Gasteiger partial charge in [0.05, 0.1) is 0 Å².